The number of hydrogen-bond donors (Lipinski definition) is 1. The highest BCUT2D eigenvalue weighted by atomic mass is 16.3. The van der Waals surface area contributed by atoms with Crippen molar-refractivity contribution >= 4 is 65.6 Å². The third-order valence-electron chi connectivity index (χ3n) is 6.90. The molecule has 3 aromatic heterocycles. The maximum absolute atomic E-state index is 6.57. The Hall–Kier alpha value is -4.50. The van der Waals surface area contributed by atoms with Gasteiger partial charge in [0.25, 0.3) is 0 Å². The van der Waals surface area contributed by atoms with Gasteiger partial charge in [-0.25, -0.2) is 0 Å². The number of H-pyrrole nitrogens is 1. The summed E-state index contributed by atoms with van der Waals surface area (Å²) in [5.74, 6) is 0. The molecule has 0 aliphatic rings. The smallest absolute Gasteiger partial charge is 0.146 e. The summed E-state index contributed by atoms with van der Waals surface area (Å²) in [6.45, 7) is 0. The van der Waals surface area contributed by atoms with Crippen LogP contribution in [-0.2, 0) is 0 Å². The van der Waals surface area contributed by atoms with Crippen molar-refractivity contribution in [3.05, 3.63) is 103 Å². The van der Waals surface area contributed by atoms with Crippen LogP contribution in [0.25, 0.3) is 71.2 Å². The molecular formula is C30H18N2O. The Morgan fingerprint density at radius 2 is 1.27 bits per heavy atom. The van der Waals surface area contributed by atoms with Crippen molar-refractivity contribution in [1.82, 2.24) is 9.55 Å². The number of furan rings is 1. The third-order valence-corrected chi connectivity index (χ3v) is 6.90. The zero-order valence-electron chi connectivity index (χ0n) is 17.7. The molecule has 5 aromatic carbocycles. The van der Waals surface area contributed by atoms with E-state index in [1.165, 1.54) is 32.6 Å². The molecule has 0 bridgehead atoms. The fourth-order valence-electron chi connectivity index (χ4n) is 5.60. The van der Waals surface area contributed by atoms with E-state index < -0.39 is 0 Å². The fraction of sp³-hybridized carbons (Fsp3) is 0. The number of hydrogen-bond acceptors (Lipinski definition) is 1. The van der Waals surface area contributed by atoms with E-state index in [0.717, 1.165) is 38.7 Å². The van der Waals surface area contributed by atoms with Crippen LogP contribution in [-0.4, -0.2) is 9.55 Å². The summed E-state index contributed by atoms with van der Waals surface area (Å²) >= 11 is 0. The number of aromatic nitrogens is 2. The highest BCUT2D eigenvalue weighted by molar-refractivity contribution is 6.38. The molecule has 0 aliphatic heterocycles. The molecule has 0 fully saturated rings. The van der Waals surface area contributed by atoms with Gasteiger partial charge in [-0.15, -0.1) is 0 Å². The lowest BCUT2D eigenvalue weighted by Gasteiger charge is -2.08. The molecule has 3 nitrogen and oxygen atoms in total. The van der Waals surface area contributed by atoms with Crippen LogP contribution in [0.5, 0.6) is 0 Å². The minimum absolute atomic E-state index is 0.920. The van der Waals surface area contributed by atoms with Gasteiger partial charge in [-0.3, -0.25) is 0 Å². The quantitative estimate of drug-likeness (QED) is 0.283. The fourth-order valence-corrected chi connectivity index (χ4v) is 5.60. The summed E-state index contributed by atoms with van der Waals surface area (Å²) in [6.07, 6.45) is 0. The van der Waals surface area contributed by atoms with Crippen LogP contribution >= 0.6 is 0 Å². The van der Waals surface area contributed by atoms with Crippen LogP contribution in [0, 0.1) is 0 Å². The van der Waals surface area contributed by atoms with Gasteiger partial charge in [-0.1, -0.05) is 72.8 Å². The monoisotopic (exact) mass is 422 g/mol. The molecule has 0 atom stereocenters. The van der Waals surface area contributed by atoms with Crippen molar-refractivity contribution in [2.24, 2.45) is 0 Å². The molecule has 0 radical (unpaired) electrons. The number of aromatic amines is 1. The first-order valence-electron chi connectivity index (χ1n) is 11.2. The van der Waals surface area contributed by atoms with Gasteiger partial charge >= 0.3 is 0 Å². The normalized spacial score (nSPS) is 12.2. The molecule has 0 saturated heterocycles. The Morgan fingerprint density at radius 1 is 0.576 bits per heavy atom. The highest BCUT2D eigenvalue weighted by Crippen LogP contribution is 2.47. The zero-order valence-corrected chi connectivity index (χ0v) is 17.7. The summed E-state index contributed by atoms with van der Waals surface area (Å²) in [5.41, 5.74) is 7.62. The van der Waals surface area contributed by atoms with E-state index in [9.17, 15) is 0 Å². The Morgan fingerprint density at radius 3 is 2.15 bits per heavy atom. The second-order valence-corrected chi connectivity index (χ2v) is 8.63. The van der Waals surface area contributed by atoms with Crippen molar-refractivity contribution in [3.63, 3.8) is 0 Å². The molecule has 3 heterocycles. The molecule has 0 aliphatic carbocycles. The van der Waals surface area contributed by atoms with Gasteiger partial charge in [-0.2, -0.15) is 0 Å². The largest absolute Gasteiger partial charge is 0.455 e. The molecule has 1 N–H and O–H groups in total. The minimum Gasteiger partial charge on any atom is -0.455 e. The number of para-hydroxylation sites is 4. The van der Waals surface area contributed by atoms with E-state index in [0.29, 0.717) is 0 Å². The van der Waals surface area contributed by atoms with E-state index in [2.05, 4.69) is 107 Å². The molecular weight excluding hydrogens is 404 g/mol. The molecule has 0 amide bonds. The summed E-state index contributed by atoms with van der Waals surface area (Å²) in [4.78, 5) is 3.75. The first-order chi connectivity index (χ1) is 16.4. The third kappa shape index (κ3) is 2.09. The molecule has 8 aromatic rings. The second-order valence-electron chi connectivity index (χ2n) is 8.63. The van der Waals surface area contributed by atoms with Gasteiger partial charge < -0.3 is 14.0 Å². The molecule has 33 heavy (non-hydrogen) atoms. The van der Waals surface area contributed by atoms with Crippen molar-refractivity contribution in [1.29, 1.82) is 0 Å². The van der Waals surface area contributed by atoms with Crippen molar-refractivity contribution in [2.75, 3.05) is 0 Å². The van der Waals surface area contributed by atoms with E-state index in [4.69, 9.17) is 4.42 Å². The van der Waals surface area contributed by atoms with Gasteiger partial charge in [0.05, 0.1) is 21.9 Å². The minimum atomic E-state index is 0.920. The van der Waals surface area contributed by atoms with Crippen LogP contribution in [0.1, 0.15) is 0 Å². The number of nitrogens with one attached hydrogen (secondary N) is 1. The van der Waals surface area contributed by atoms with Crippen LogP contribution in [0.15, 0.2) is 108 Å². The van der Waals surface area contributed by atoms with E-state index in [-0.39, 0.29) is 0 Å². The molecule has 8 rings (SSSR count). The van der Waals surface area contributed by atoms with Gasteiger partial charge in [0.1, 0.15) is 11.2 Å². The lowest BCUT2D eigenvalue weighted by molar-refractivity contribution is 0.673. The lowest BCUT2D eigenvalue weighted by Crippen LogP contribution is -1.94. The summed E-state index contributed by atoms with van der Waals surface area (Å²) in [6, 6.07) is 36.2. The lowest BCUT2D eigenvalue weighted by atomic mass is 10.0. The Balaban J connectivity index is 1.80. The number of nitrogens with zero attached hydrogens (tertiary/aromatic N) is 1. The van der Waals surface area contributed by atoms with Gasteiger partial charge in [-0.05, 0) is 30.3 Å². The number of benzene rings is 5. The van der Waals surface area contributed by atoms with Crippen molar-refractivity contribution < 1.29 is 4.42 Å². The van der Waals surface area contributed by atoms with Gasteiger partial charge in [0.2, 0.25) is 0 Å². The maximum atomic E-state index is 6.57. The van der Waals surface area contributed by atoms with Crippen LogP contribution < -0.4 is 0 Å². The first kappa shape index (κ1) is 17.1. The molecule has 3 heteroatoms. The van der Waals surface area contributed by atoms with Crippen LogP contribution in [0.4, 0.5) is 0 Å². The summed E-state index contributed by atoms with van der Waals surface area (Å²) < 4.78 is 8.97. The first-order valence-corrected chi connectivity index (χ1v) is 11.2. The van der Waals surface area contributed by atoms with E-state index in [1.54, 1.807) is 0 Å². The van der Waals surface area contributed by atoms with Crippen molar-refractivity contribution in [2.45, 2.75) is 0 Å². The Labute approximate surface area is 188 Å². The molecule has 0 spiro atoms. The molecule has 154 valence electrons. The average molecular weight is 422 g/mol. The SMILES string of the molecule is c1ccc(-n2c3ccccc3c3c4c5ccccc5oc4c4c5ccccc5[nH]c4c32)cc1. The van der Waals surface area contributed by atoms with Gasteiger partial charge in [0, 0.05) is 38.1 Å². The van der Waals surface area contributed by atoms with E-state index in [1.807, 2.05) is 6.07 Å². The van der Waals surface area contributed by atoms with Crippen LogP contribution in [0.3, 0.4) is 0 Å². The number of rotatable bonds is 1. The predicted molar refractivity (Wildman–Crippen MR) is 137 cm³/mol. The maximum Gasteiger partial charge on any atom is 0.146 e. The van der Waals surface area contributed by atoms with Crippen LogP contribution in [0.2, 0.25) is 0 Å². The standard InChI is InChI=1S/C30H18N2O/c1-2-10-18(11-3-1)32-23-16-8-5-13-20(23)25-26-21-14-6-9-17-24(21)33-30(26)27-19-12-4-7-15-22(19)31-28(27)29(25)32/h1-17,31H. The average Bonchev–Trinajstić information content (AvgIpc) is 3.54. The highest BCUT2D eigenvalue weighted by Gasteiger charge is 2.24. The Kier molecular flexibility index (Phi) is 3.14. The number of fused-ring (bicyclic) bond motifs is 12. The van der Waals surface area contributed by atoms with Gasteiger partial charge in [0.15, 0.2) is 0 Å². The van der Waals surface area contributed by atoms with E-state index >= 15 is 0 Å². The predicted octanol–water partition coefficient (Wildman–Crippen LogP) is 8.32. The zero-order chi connectivity index (χ0) is 21.5. The Bertz CT molecular complexity index is 2020. The second kappa shape index (κ2) is 6.05. The summed E-state index contributed by atoms with van der Waals surface area (Å²) in [7, 11) is 0. The molecule has 0 saturated carbocycles. The molecule has 0 unspecified atom stereocenters. The topological polar surface area (TPSA) is 33.9 Å². The summed E-state index contributed by atoms with van der Waals surface area (Å²) in [5, 5.41) is 7.12. The van der Waals surface area contributed by atoms with Crippen molar-refractivity contribution in [3.8, 4) is 5.69 Å².